The number of likely N-dealkylation sites (N-methyl/N-ethyl adjacent to an activating group) is 1. The molecule has 4 rings (SSSR count). The van der Waals surface area contributed by atoms with Gasteiger partial charge in [0.25, 0.3) is 15.9 Å². The molecular formula is C23H21Cl3N4O4S. The highest BCUT2D eigenvalue weighted by molar-refractivity contribution is 7.92. The molecule has 2 aromatic carbocycles. The monoisotopic (exact) mass is 554 g/mol. The van der Waals surface area contributed by atoms with Gasteiger partial charge in [-0.3, -0.25) is 4.79 Å². The van der Waals surface area contributed by atoms with Crippen LogP contribution in [0.5, 0.6) is 5.75 Å². The van der Waals surface area contributed by atoms with Crippen LogP contribution in [0.3, 0.4) is 0 Å². The van der Waals surface area contributed by atoms with Gasteiger partial charge < -0.3 is 15.0 Å². The number of carbonyl (C=O) groups excluding carboxylic acids is 1. The van der Waals surface area contributed by atoms with Crippen LogP contribution >= 0.6 is 34.8 Å². The molecule has 0 fully saturated rings. The Morgan fingerprint density at radius 2 is 1.80 bits per heavy atom. The first kappa shape index (κ1) is 25.5. The lowest BCUT2D eigenvalue weighted by Gasteiger charge is -2.35. The van der Waals surface area contributed by atoms with Crippen molar-refractivity contribution in [3.8, 4) is 5.75 Å². The molecule has 184 valence electrons. The topological polar surface area (TPSA) is 91.8 Å². The molecule has 1 aromatic heterocycles. The van der Waals surface area contributed by atoms with Crippen molar-refractivity contribution in [1.29, 1.82) is 0 Å². The lowest BCUT2D eigenvalue weighted by atomic mass is 10.2. The van der Waals surface area contributed by atoms with E-state index in [0.717, 1.165) is 0 Å². The summed E-state index contributed by atoms with van der Waals surface area (Å²) in [6, 6.07) is 13.8. The average molecular weight is 556 g/mol. The van der Waals surface area contributed by atoms with E-state index in [1.54, 1.807) is 36.4 Å². The van der Waals surface area contributed by atoms with Gasteiger partial charge in [0.05, 0.1) is 27.0 Å². The zero-order chi connectivity index (χ0) is 25.3. The SMILES string of the molecule is CN(C)C[C@H]1CN(S(=O)(=O)c2cccc(Cl)c2)c2nc(NC(=O)c3c(Cl)cccc3Cl)ccc2O1. The van der Waals surface area contributed by atoms with Gasteiger partial charge in [0.1, 0.15) is 11.9 Å². The molecule has 35 heavy (non-hydrogen) atoms. The molecule has 3 aromatic rings. The van der Waals surface area contributed by atoms with Gasteiger partial charge in [-0.2, -0.15) is 0 Å². The zero-order valence-electron chi connectivity index (χ0n) is 18.7. The Bertz CT molecular complexity index is 1360. The van der Waals surface area contributed by atoms with E-state index < -0.39 is 22.0 Å². The van der Waals surface area contributed by atoms with Gasteiger partial charge in [0.2, 0.25) is 0 Å². The second-order valence-corrected chi connectivity index (χ2v) is 11.2. The molecule has 12 heteroatoms. The molecule has 2 heterocycles. The van der Waals surface area contributed by atoms with Crippen LogP contribution in [0, 0.1) is 0 Å². The summed E-state index contributed by atoms with van der Waals surface area (Å²) in [7, 11) is -0.312. The Morgan fingerprint density at radius 3 is 2.46 bits per heavy atom. The van der Waals surface area contributed by atoms with Crippen LogP contribution in [0.4, 0.5) is 11.6 Å². The summed E-state index contributed by atoms with van der Waals surface area (Å²) in [5.74, 6) is -0.171. The van der Waals surface area contributed by atoms with E-state index in [1.165, 1.54) is 22.5 Å². The summed E-state index contributed by atoms with van der Waals surface area (Å²) in [5, 5.41) is 3.26. The number of fused-ring (bicyclic) bond motifs is 1. The van der Waals surface area contributed by atoms with Crippen molar-refractivity contribution in [2.45, 2.75) is 11.0 Å². The van der Waals surface area contributed by atoms with E-state index in [1.807, 2.05) is 19.0 Å². The van der Waals surface area contributed by atoms with Crippen LogP contribution in [0.1, 0.15) is 10.4 Å². The number of anilines is 2. The van der Waals surface area contributed by atoms with Crippen LogP contribution < -0.4 is 14.4 Å². The van der Waals surface area contributed by atoms with Crippen molar-refractivity contribution >= 4 is 62.4 Å². The number of nitrogens with one attached hydrogen (secondary N) is 1. The number of hydrogen-bond acceptors (Lipinski definition) is 6. The predicted molar refractivity (Wildman–Crippen MR) is 138 cm³/mol. The van der Waals surface area contributed by atoms with E-state index in [2.05, 4.69) is 10.3 Å². The van der Waals surface area contributed by atoms with E-state index in [0.29, 0.717) is 6.54 Å². The summed E-state index contributed by atoms with van der Waals surface area (Å²) in [4.78, 5) is 19.1. The van der Waals surface area contributed by atoms with E-state index in [-0.39, 0.29) is 49.5 Å². The lowest BCUT2D eigenvalue weighted by molar-refractivity contribution is 0.102. The minimum atomic E-state index is -4.04. The second kappa shape index (κ2) is 10.2. The molecule has 1 aliphatic rings. The highest BCUT2D eigenvalue weighted by Crippen LogP contribution is 2.37. The van der Waals surface area contributed by atoms with Crippen molar-refractivity contribution < 1.29 is 17.9 Å². The Labute approximate surface area is 218 Å². The second-order valence-electron chi connectivity index (χ2n) is 8.06. The molecule has 0 bridgehead atoms. The van der Waals surface area contributed by atoms with Crippen LogP contribution in [0.25, 0.3) is 0 Å². The maximum Gasteiger partial charge on any atom is 0.265 e. The summed E-state index contributed by atoms with van der Waals surface area (Å²) in [5.41, 5.74) is 0.0843. The standard InChI is InChI=1S/C23H21Cl3N4O4S/c1-29(2)12-15-13-30(35(32,33)16-6-3-5-14(24)11-16)22-19(34-15)9-10-20(27-22)28-23(31)21-17(25)7-4-8-18(21)26/h3-11,15H,12-13H2,1-2H3,(H,27,28,31)/t15-/m0/s1. The number of pyridine rings is 1. The summed E-state index contributed by atoms with van der Waals surface area (Å²) in [6.45, 7) is 0.491. The molecule has 0 unspecified atom stereocenters. The van der Waals surface area contributed by atoms with Gasteiger partial charge >= 0.3 is 0 Å². The predicted octanol–water partition coefficient (Wildman–Crippen LogP) is 4.81. The number of hydrogen-bond donors (Lipinski definition) is 1. The Morgan fingerprint density at radius 1 is 1.11 bits per heavy atom. The van der Waals surface area contributed by atoms with Gasteiger partial charge in [-0.1, -0.05) is 46.9 Å². The van der Waals surface area contributed by atoms with Crippen LogP contribution in [-0.2, 0) is 10.0 Å². The first-order chi connectivity index (χ1) is 16.6. The number of aromatic nitrogens is 1. The first-order valence-electron chi connectivity index (χ1n) is 10.4. The molecule has 0 aliphatic carbocycles. The van der Waals surface area contributed by atoms with Crippen molar-refractivity contribution in [3.63, 3.8) is 0 Å². The minimum absolute atomic E-state index is 0.0144. The third-order valence-corrected chi connectivity index (χ3v) is 7.74. The summed E-state index contributed by atoms with van der Waals surface area (Å²) >= 11 is 18.3. The van der Waals surface area contributed by atoms with Gasteiger partial charge in [-0.25, -0.2) is 17.7 Å². The summed E-state index contributed by atoms with van der Waals surface area (Å²) in [6.07, 6.45) is -0.448. The van der Waals surface area contributed by atoms with Gasteiger partial charge in [0, 0.05) is 11.6 Å². The van der Waals surface area contributed by atoms with Crippen LogP contribution in [0.15, 0.2) is 59.5 Å². The molecule has 1 N–H and O–H groups in total. The number of ether oxygens (including phenoxy) is 1. The molecule has 1 amide bonds. The van der Waals surface area contributed by atoms with Crippen molar-refractivity contribution in [2.75, 3.05) is 36.8 Å². The number of rotatable bonds is 6. The molecule has 0 saturated carbocycles. The number of sulfonamides is 1. The van der Waals surface area contributed by atoms with Crippen LogP contribution in [0.2, 0.25) is 15.1 Å². The zero-order valence-corrected chi connectivity index (χ0v) is 21.8. The van der Waals surface area contributed by atoms with Crippen LogP contribution in [-0.4, -0.2) is 57.5 Å². The molecule has 0 radical (unpaired) electrons. The number of carbonyl (C=O) groups is 1. The number of halogens is 3. The van der Waals surface area contributed by atoms with Gasteiger partial charge in [-0.15, -0.1) is 0 Å². The smallest absolute Gasteiger partial charge is 0.265 e. The highest BCUT2D eigenvalue weighted by atomic mass is 35.5. The maximum absolute atomic E-state index is 13.6. The highest BCUT2D eigenvalue weighted by Gasteiger charge is 2.36. The van der Waals surface area contributed by atoms with Gasteiger partial charge in [0.15, 0.2) is 11.6 Å². The molecular weight excluding hydrogens is 535 g/mol. The van der Waals surface area contributed by atoms with Crippen molar-refractivity contribution in [3.05, 3.63) is 75.2 Å². The molecule has 0 saturated heterocycles. The summed E-state index contributed by atoms with van der Waals surface area (Å²) < 4.78 is 34.4. The van der Waals surface area contributed by atoms with Crippen molar-refractivity contribution in [1.82, 2.24) is 9.88 Å². The van der Waals surface area contributed by atoms with E-state index >= 15 is 0 Å². The fourth-order valence-electron chi connectivity index (χ4n) is 3.63. The van der Waals surface area contributed by atoms with E-state index in [9.17, 15) is 13.2 Å². The van der Waals surface area contributed by atoms with Gasteiger partial charge in [-0.05, 0) is 56.6 Å². The normalized spacial score (nSPS) is 15.5. The Hall–Kier alpha value is -2.56. The Kier molecular flexibility index (Phi) is 7.44. The third-order valence-electron chi connectivity index (χ3n) is 5.12. The minimum Gasteiger partial charge on any atom is -0.483 e. The molecule has 1 atom stereocenters. The molecule has 1 aliphatic heterocycles. The lowest BCUT2D eigenvalue weighted by Crippen LogP contribution is -2.47. The number of benzene rings is 2. The largest absolute Gasteiger partial charge is 0.483 e. The Balaban J connectivity index is 1.73. The quantitative estimate of drug-likeness (QED) is 0.469. The molecule has 0 spiro atoms. The third kappa shape index (κ3) is 5.49. The van der Waals surface area contributed by atoms with Crippen molar-refractivity contribution in [2.24, 2.45) is 0 Å². The number of nitrogens with zero attached hydrogens (tertiary/aromatic N) is 3. The fourth-order valence-corrected chi connectivity index (χ4v) is 5.95. The molecule has 8 nitrogen and oxygen atoms in total. The number of amides is 1. The fraction of sp³-hybridized carbons (Fsp3) is 0.217. The average Bonchev–Trinajstić information content (AvgIpc) is 2.78. The maximum atomic E-state index is 13.6. The first-order valence-corrected chi connectivity index (χ1v) is 13.0. The van der Waals surface area contributed by atoms with E-state index in [4.69, 9.17) is 39.5 Å².